The highest BCUT2D eigenvalue weighted by molar-refractivity contribution is 9.10. The van der Waals surface area contributed by atoms with Gasteiger partial charge in [-0.2, -0.15) is 4.72 Å². The van der Waals surface area contributed by atoms with Crippen molar-refractivity contribution in [1.82, 2.24) is 15.6 Å². The molecule has 0 aliphatic heterocycles. The summed E-state index contributed by atoms with van der Waals surface area (Å²) in [6, 6.07) is 5.06. The molecule has 140 valence electrons. The maximum atomic E-state index is 12.5. The number of amides is 2. The molecule has 0 aliphatic rings. The molecule has 0 radical (unpaired) electrons. The lowest BCUT2D eigenvalue weighted by molar-refractivity contribution is -0.130. The molecule has 1 aromatic rings. The summed E-state index contributed by atoms with van der Waals surface area (Å²) < 4.78 is 28.0. The summed E-state index contributed by atoms with van der Waals surface area (Å²) >= 11 is 3.24. The van der Waals surface area contributed by atoms with Crippen LogP contribution in [0.1, 0.15) is 34.1 Å². The van der Waals surface area contributed by atoms with Crippen LogP contribution in [0.25, 0.3) is 0 Å². The van der Waals surface area contributed by atoms with E-state index in [2.05, 4.69) is 31.5 Å². The van der Waals surface area contributed by atoms with Crippen molar-refractivity contribution in [3.8, 4) is 0 Å². The van der Waals surface area contributed by atoms with Crippen molar-refractivity contribution < 1.29 is 18.0 Å². The first-order valence-corrected chi connectivity index (χ1v) is 10.2. The van der Waals surface area contributed by atoms with Crippen LogP contribution < -0.4 is 15.6 Å². The fourth-order valence-corrected chi connectivity index (χ4v) is 3.58. The number of nitrogens with one attached hydrogen (secondary N) is 3. The highest BCUT2D eigenvalue weighted by atomic mass is 79.9. The highest BCUT2D eigenvalue weighted by Gasteiger charge is 2.28. The van der Waals surface area contributed by atoms with Crippen molar-refractivity contribution >= 4 is 37.8 Å². The van der Waals surface area contributed by atoms with Crippen molar-refractivity contribution in [3.05, 3.63) is 28.7 Å². The number of carbonyl (C=O) groups excluding carboxylic acids is 2. The number of sulfonamides is 1. The third-order valence-electron chi connectivity index (χ3n) is 3.27. The summed E-state index contributed by atoms with van der Waals surface area (Å²) in [5, 5.41) is 0. The molecule has 1 atom stereocenters. The van der Waals surface area contributed by atoms with Gasteiger partial charge in [-0.3, -0.25) is 20.4 Å². The van der Waals surface area contributed by atoms with Gasteiger partial charge >= 0.3 is 0 Å². The van der Waals surface area contributed by atoms with Crippen LogP contribution >= 0.6 is 15.9 Å². The molecule has 2 amide bonds. The van der Waals surface area contributed by atoms with Crippen LogP contribution in [0.4, 0.5) is 0 Å². The lowest BCUT2D eigenvalue weighted by atomic mass is 10.1. The van der Waals surface area contributed by atoms with Crippen molar-refractivity contribution in [1.29, 1.82) is 0 Å². The van der Waals surface area contributed by atoms with E-state index in [9.17, 15) is 18.0 Å². The van der Waals surface area contributed by atoms with Crippen LogP contribution in [0.2, 0.25) is 0 Å². The van der Waals surface area contributed by atoms with Crippen LogP contribution in [0.15, 0.2) is 33.6 Å². The van der Waals surface area contributed by atoms with E-state index in [1.165, 1.54) is 12.1 Å². The van der Waals surface area contributed by atoms with Gasteiger partial charge in [0, 0.05) is 10.9 Å². The molecule has 9 heteroatoms. The topological polar surface area (TPSA) is 104 Å². The van der Waals surface area contributed by atoms with Crippen molar-refractivity contribution in [2.45, 2.75) is 45.1 Å². The maximum Gasteiger partial charge on any atom is 0.256 e. The fraction of sp³-hybridized carbons (Fsp3) is 0.500. The summed E-state index contributed by atoms with van der Waals surface area (Å²) in [6.07, 6.45) is 0.261. The molecule has 0 aliphatic carbocycles. The monoisotopic (exact) mass is 433 g/mol. The van der Waals surface area contributed by atoms with Gasteiger partial charge in [0.25, 0.3) is 5.91 Å². The minimum Gasteiger partial charge on any atom is -0.273 e. The molecule has 1 unspecified atom stereocenters. The average Bonchev–Trinajstić information content (AvgIpc) is 2.50. The highest BCUT2D eigenvalue weighted by Crippen LogP contribution is 2.16. The number of rotatable bonds is 7. The summed E-state index contributed by atoms with van der Waals surface area (Å²) in [6.45, 7) is 7.18. The zero-order valence-electron chi connectivity index (χ0n) is 14.7. The van der Waals surface area contributed by atoms with Crippen molar-refractivity contribution in [3.63, 3.8) is 0 Å². The molecule has 1 aromatic carbocycles. The quantitative estimate of drug-likeness (QED) is 0.571. The summed E-state index contributed by atoms with van der Waals surface area (Å²) in [7, 11) is -3.87. The van der Waals surface area contributed by atoms with E-state index >= 15 is 0 Å². The molecule has 3 N–H and O–H groups in total. The predicted molar refractivity (Wildman–Crippen MR) is 98.8 cm³/mol. The van der Waals surface area contributed by atoms with Crippen LogP contribution in [-0.4, -0.2) is 26.3 Å². The minimum atomic E-state index is -3.87. The first-order chi connectivity index (χ1) is 11.5. The molecule has 1 rings (SSSR count). The van der Waals surface area contributed by atoms with E-state index < -0.39 is 22.0 Å². The van der Waals surface area contributed by atoms with Gasteiger partial charge < -0.3 is 0 Å². The van der Waals surface area contributed by atoms with Gasteiger partial charge in [-0.05, 0) is 36.1 Å². The zero-order chi connectivity index (χ0) is 19.2. The number of benzene rings is 1. The van der Waals surface area contributed by atoms with Gasteiger partial charge in [-0.1, -0.05) is 43.6 Å². The molecular formula is C16H24BrN3O4S. The Morgan fingerprint density at radius 1 is 1.04 bits per heavy atom. The minimum absolute atomic E-state index is 0.0537. The lowest BCUT2D eigenvalue weighted by Crippen LogP contribution is -2.54. The van der Waals surface area contributed by atoms with Gasteiger partial charge in [0.05, 0.1) is 4.90 Å². The van der Waals surface area contributed by atoms with E-state index in [0.717, 1.165) is 4.47 Å². The van der Waals surface area contributed by atoms with Crippen LogP contribution in [0.3, 0.4) is 0 Å². The maximum absolute atomic E-state index is 12.5. The van der Waals surface area contributed by atoms with Gasteiger partial charge in [0.15, 0.2) is 0 Å². The molecule has 7 nitrogen and oxygen atoms in total. The Morgan fingerprint density at radius 2 is 1.60 bits per heavy atom. The zero-order valence-corrected chi connectivity index (χ0v) is 17.1. The Balaban J connectivity index is 2.80. The molecule has 0 saturated heterocycles. The Morgan fingerprint density at radius 3 is 2.08 bits per heavy atom. The van der Waals surface area contributed by atoms with Crippen LogP contribution in [-0.2, 0) is 19.6 Å². The Bertz CT molecular complexity index is 703. The Hall–Kier alpha value is -1.45. The summed E-state index contributed by atoms with van der Waals surface area (Å²) in [4.78, 5) is 24.0. The van der Waals surface area contributed by atoms with Crippen molar-refractivity contribution in [2.24, 2.45) is 11.8 Å². The first-order valence-electron chi connectivity index (χ1n) is 7.89. The largest absolute Gasteiger partial charge is 0.273 e. The predicted octanol–water partition coefficient (Wildman–Crippen LogP) is 1.95. The van der Waals surface area contributed by atoms with E-state index in [4.69, 9.17) is 0 Å². The first kappa shape index (κ1) is 21.6. The van der Waals surface area contributed by atoms with Gasteiger partial charge in [-0.15, -0.1) is 0 Å². The van der Waals surface area contributed by atoms with Gasteiger partial charge in [0.1, 0.15) is 6.04 Å². The van der Waals surface area contributed by atoms with E-state index in [1.807, 2.05) is 13.8 Å². The van der Waals surface area contributed by atoms with E-state index in [0.29, 0.717) is 0 Å². The van der Waals surface area contributed by atoms with E-state index in [1.54, 1.807) is 26.0 Å². The number of hydrazine groups is 1. The second-order valence-corrected chi connectivity index (χ2v) is 9.06. The van der Waals surface area contributed by atoms with Crippen LogP contribution in [0.5, 0.6) is 0 Å². The summed E-state index contributed by atoms with van der Waals surface area (Å²) in [5.41, 5.74) is 4.58. The fourth-order valence-electron chi connectivity index (χ4n) is 1.97. The molecule has 0 spiro atoms. The molecule has 0 aromatic heterocycles. The molecular weight excluding hydrogens is 410 g/mol. The number of hydrogen-bond acceptors (Lipinski definition) is 4. The molecule has 0 bridgehead atoms. The third kappa shape index (κ3) is 7.13. The van der Waals surface area contributed by atoms with Gasteiger partial charge in [0.2, 0.25) is 15.9 Å². The Labute approximate surface area is 157 Å². The second kappa shape index (κ2) is 9.30. The standard InChI is InChI=1S/C16H24BrN3O4S/c1-10(2)9-14(21)18-19-16(22)15(11(3)4)20-25(23,24)13-7-5-12(17)6-8-13/h5-8,10-11,15,20H,9H2,1-4H3,(H,18,21)(H,19,22). The number of hydrogen-bond donors (Lipinski definition) is 3. The SMILES string of the molecule is CC(C)CC(=O)NNC(=O)C(NS(=O)(=O)c1ccc(Br)cc1)C(C)C. The number of halogens is 1. The second-order valence-electron chi connectivity index (χ2n) is 6.43. The number of carbonyl (C=O) groups is 2. The lowest BCUT2D eigenvalue weighted by Gasteiger charge is -2.22. The smallest absolute Gasteiger partial charge is 0.256 e. The molecule has 0 fully saturated rings. The normalized spacial score (nSPS) is 12.9. The van der Waals surface area contributed by atoms with Crippen molar-refractivity contribution in [2.75, 3.05) is 0 Å². The average molecular weight is 434 g/mol. The molecule has 0 saturated carbocycles. The van der Waals surface area contributed by atoms with Crippen LogP contribution in [0, 0.1) is 11.8 Å². The Kier molecular flexibility index (Phi) is 8.04. The third-order valence-corrected chi connectivity index (χ3v) is 5.26. The molecule has 25 heavy (non-hydrogen) atoms. The summed E-state index contributed by atoms with van der Waals surface area (Å²) in [5.74, 6) is -1.12. The van der Waals surface area contributed by atoms with E-state index in [-0.39, 0.29) is 29.1 Å². The van der Waals surface area contributed by atoms with Gasteiger partial charge in [-0.25, -0.2) is 8.42 Å². The molecule has 0 heterocycles.